The van der Waals surface area contributed by atoms with E-state index in [1.165, 1.54) is 5.56 Å². The second kappa shape index (κ2) is 8.16. The fourth-order valence-electron chi connectivity index (χ4n) is 1.44. The van der Waals surface area contributed by atoms with Crippen LogP contribution in [0.1, 0.15) is 25.8 Å². The number of para-hydroxylation sites is 1. The number of nitrogens with one attached hydrogen (secondary N) is 1. The summed E-state index contributed by atoms with van der Waals surface area (Å²) in [5.74, 6) is 6.78. The number of hydrogen-bond acceptors (Lipinski definition) is 2. The van der Waals surface area contributed by atoms with Crippen LogP contribution in [0.4, 0.5) is 0 Å². The van der Waals surface area contributed by atoms with E-state index in [1.54, 1.807) is 0 Å². The van der Waals surface area contributed by atoms with Gasteiger partial charge in [-0.25, -0.2) is 0 Å². The average Bonchev–Trinajstić information content (AvgIpc) is 2.34. The first-order valence-electron chi connectivity index (χ1n) is 5.80. The van der Waals surface area contributed by atoms with E-state index in [1.807, 2.05) is 19.1 Å². The molecule has 0 amide bonds. The molecule has 92 valence electrons. The van der Waals surface area contributed by atoms with E-state index in [4.69, 9.17) is 4.74 Å². The Morgan fingerprint density at radius 2 is 2.24 bits per heavy atom. The zero-order valence-corrected chi connectivity index (χ0v) is 11.9. The van der Waals surface area contributed by atoms with Gasteiger partial charge >= 0.3 is 0 Å². The highest BCUT2D eigenvalue weighted by Crippen LogP contribution is 2.29. The highest BCUT2D eigenvalue weighted by molar-refractivity contribution is 9.10. The van der Waals surface area contributed by atoms with Crippen molar-refractivity contribution in [3.63, 3.8) is 0 Å². The maximum atomic E-state index is 5.78. The Hall–Kier alpha value is -0.980. The van der Waals surface area contributed by atoms with Gasteiger partial charge in [-0.05, 0) is 35.5 Å². The molecule has 0 spiro atoms. The molecule has 1 aromatic carbocycles. The van der Waals surface area contributed by atoms with Gasteiger partial charge in [0, 0.05) is 18.5 Å². The van der Waals surface area contributed by atoms with E-state index < -0.39 is 0 Å². The molecule has 17 heavy (non-hydrogen) atoms. The Labute approximate surface area is 112 Å². The van der Waals surface area contributed by atoms with E-state index in [-0.39, 0.29) is 0 Å². The lowest BCUT2D eigenvalue weighted by molar-refractivity contribution is 0.321. The van der Waals surface area contributed by atoms with Gasteiger partial charge in [0.05, 0.1) is 11.1 Å². The van der Waals surface area contributed by atoms with Crippen LogP contribution in [0, 0.1) is 11.8 Å². The summed E-state index contributed by atoms with van der Waals surface area (Å²) in [5.41, 5.74) is 1.17. The minimum absolute atomic E-state index is 0.628. The Balaban J connectivity index is 2.68. The van der Waals surface area contributed by atoms with Gasteiger partial charge in [-0.3, -0.25) is 0 Å². The molecule has 0 aliphatic heterocycles. The van der Waals surface area contributed by atoms with Gasteiger partial charge < -0.3 is 10.1 Å². The van der Waals surface area contributed by atoms with E-state index >= 15 is 0 Å². The van der Waals surface area contributed by atoms with Gasteiger partial charge in [0.25, 0.3) is 0 Å². The van der Waals surface area contributed by atoms with E-state index in [2.05, 4.69) is 46.1 Å². The maximum Gasteiger partial charge on any atom is 0.137 e. The molecule has 3 heteroatoms. The fraction of sp³-hybridized carbons (Fsp3) is 0.429. The van der Waals surface area contributed by atoms with Crippen LogP contribution in [0.25, 0.3) is 0 Å². The predicted octanol–water partition coefficient (Wildman–Crippen LogP) is 3.35. The van der Waals surface area contributed by atoms with E-state index in [0.29, 0.717) is 6.61 Å². The van der Waals surface area contributed by atoms with Crippen LogP contribution in [0.15, 0.2) is 22.7 Å². The number of halogens is 1. The zero-order chi connectivity index (χ0) is 12.5. The van der Waals surface area contributed by atoms with Crippen molar-refractivity contribution in [2.45, 2.75) is 26.8 Å². The van der Waals surface area contributed by atoms with Gasteiger partial charge in [-0.2, -0.15) is 0 Å². The topological polar surface area (TPSA) is 21.3 Å². The van der Waals surface area contributed by atoms with Crippen molar-refractivity contribution in [3.05, 3.63) is 28.2 Å². The summed E-state index contributed by atoms with van der Waals surface area (Å²) in [6.07, 6.45) is 0.762. The van der Waals surface area contributed by atoms with Gasteiger partial charge in [0.2, 0.25) is 0 Å². The number of benzene rings is 1. The molecular weight excluding hydrogens is 278 g/mol. The molecule has 0 aromatic heterocycles. The van der Waals surface area contributed by atoms with Gasteiger partial charge in [-0.15, -0.1) is 11.8 Å². The molecule has 1 N–H and O–H groups in total. The Kier molecular flexibility index (Phi) is 6.76. The Morgan fingerprint density at radius 3 is 2.94 bits per heavy atom. The molecule has 0 saturated heterocycles. The molecule has 0 aliphatic carbocycles. The molecule has 0 saturated carbocycles. The van der Waals surface area contributed by atoms with Crippen LogP contribution in [-0.2, 0) is 6.54 Å². The molecule has 0 heterocycles. The molecule has 0 radical (unpaired) electrons. The summed E-state index contributed by atoms with van der Waals surface area (Å²) >= 11 is 3.52. The standard InChI is InChI=1S/C14H18BrNO/c1-3-5-6-10-17-14-12(11-16-4-2)8-7-9-13(14)15/h7-9,16H,4,6,10-11H2,1-2H3. The summed E-state index contributed by atoms with van der Waals surface area (Å²) in [5, 5.41) is 3.30. The van der Waals surface area contributed by atoms with Crippen molar-refractivity contribution in [2.24, 2.45) is 0 Å². The largest absolute Gasteiger partial charge is 0.491 e. The molecule has 0 fully saturated rings. The van der Waals surface area contributed by atoms with Crippen molar-refractivity contribution >= 4 is 15.9 Å². The smallest absolute Gasteiger partial charge is 0.137 e. The van der Waals surface area contributed by atoms with Gasteiger partial charge in [0.15, 0.2) is 0 Å². The van der Waals surface area contributed by atoms with Crippen LogP contribution >= 0.6 is 15.9 Å². The number of ether oxygens (including phenoxy) is 1. The van der Waals surface area contributed by atoms with E-state index in [9.17, 15) is 0 Å². The van der Waals surface area contributed by atoms with Crippen molar-refractivity contribution < 1.29 is 4.74 Å². The molecular formula is C14H18BrNO. The number of hydrogen-bond donors (Lipinski definition) is 1. The highest BCUT2D eigenvalue weighted by Gasteiger charge is 2.07. The molecule has 2 nitrogen and oxygen atoms in total. The molecule has 0 unspecified atom stereocenters. The van der Waals surface area contributed by atoms with Crippen LogP contribution in [-0.4, -0.2) is 13.2 Å². The normalized spacial score (nSPS) is 9.59. The molecule has 0 atom stereocenters. The molecule has 1 rings (SSSR count). The first-order valence-corrected chi connectivity index (χ1v) is 6.59. The van der Waals surface area contributed by atoms with Crippen LogP contribution < -0.4 is 10.1 Å². The van der Waals surface area contributed by atoms with Crippen molar-refractivity contribution in [1.29, 1.82) is 0 Å². The Morgan fingerprint density at radius 1 is 1.41 bits per heavy atom. The summed E-state index contributed by atoms with van der Waals surface area (Å²) < 4.78 is 6.78. The third-order valence-corrected chi connectivity index (χ3v) is 2.89. The van der Waals surface area contributed by atoms with Crippen molar-refractivity contribution in [1.82, 2.24) is 5.32 Å². The Bertz CT molecular complexity index is 406. The van der Waals surface area contributed by atoms with Crippen LogP contribution in [0.3, 0.4) is 0 Å². The quantitative estimate of drug-likeness (QED) is 0.642. The summed E-state index contributed by atoms with van der Waals surface area (Å²) in [4.78, 5) is 0. The SMILES string of the molecule is CC#CCCOc1c(Br)cccc1CNCC. The minimum atomic E-state index is 0.628. The first kappa shape index (κ1) is 14.1. The second-order valence-corrected chi connectivity index (χ2v) is 4.39. The first-order chi connectivity index (χ1) is 8.29. The lowest BCUT2D eigenvalue weighted by Gasteiger charge is -2.12. The van der Waals surface area contributed by atoms with Gasteiger partial charge in [-0.1, -0.05) is 19.1 Å². The highest BCUT2D eigenvalue weighted by atomic mass is 79.9. The average molecular weight is 296 g/mol. The van der Waals surface area contributed by atoms with E-state index in [0.717, 1.165) is 29.7 Å². The lowest BCUT2D eigenvalue weighted by Crippen LogP contribution is -2.13. The summed E-state index contributed by atoms with van der Waals surface area (Å²) in [6, 6.07) is 6.10. The number of rotatable bonds is 6. The lowest BCUT2D eigenvalue weighted by atomic mass is 10.2. The molecule has 0 bridgehead atoms. The third kappa shape index (κ3) is 4.80. The minimum Gasteiger partial charge on any atom is -0.491 e. The van der Waals surface area contributed by atoms with Crippen molar-refractivity contribution in [2.75, 3.05) is 13.2 Å². The van der Waals surface area contributed by atoms with Crippen molar-refractivity contribution in [3.8, 4) is 17.6 Å². The fourth-order valence-corrected chi connectivity index (χ4v) is 1.96. The summed E-state index contributed by atoms with van der Waals surface area (Å²) in [6.45, 7) is 6.34. The van der Waals surface area contributed by atoms with Gasteiger partial charge in [0.1, 0.15) is 5.75 Å². The third-order valence-electron chi connectivity index (χ3n) is 2.26. The zero-order valence-electron chi connectivity index (χ0n) is 10.3. The monoisotopic (exact) mass is 295 g/mol. The molecule has 1 aromatic rings. The maximum absolute atomic E-state index is 5.78. The molecule has 0 aliphatic rings. The second-order valence-electron chi connectivity index (χ2n) is 3.53. The predicted molar refractivity (Wildman–Crippen MR) is 75.1 cm³/mol. The van der Waals surface area contributed by atoms with Crippen LogP contribution in [0.5, 0.6) is 5.75 Å². The summed E-state index contributed by atoms with van der Waals surface area (Å²) in [7, 11) is 0. The van der Waals surface area contributed by atoms with Crippen LogP contribution in [0.2, 0.25) is 0 Å².